The minimum atomic E-state index is -0.333. The molecule has 0 unspecified atom stereocenters. The van der Waals surface area contributed by atoms with Crippen LogP contribution in [0.4, 0.5) is 4.79 Å². The predicted octanol–water partition coefficient (Wildman–Crippen LogP) is 0.0340. The van der Waals surface area contributed by atoms with Crippen LogP contribution in [0.3, 0.4) is 0 Å². The van der Waals surface area contributed by atoms with Crippen molar-refractivity contribution in [3.05, 3.63) is 0 Å². The first-order chi connectivity index (χ1) is 3.68. The van der Waals surface area contributed by atoms with Crippen LogP contribution in [-0.4, -0.2) is 25.0 Å². The first-order valence-electron chi connectivity index (χ1n) is 1.96. The molecule has 1 N–H and O–H groups in total. The van der Waals surface area contributed by atoms with E-state index in [1.54, 1.807) is 14.1 Å². The van der Waals surface area contributed by atoms with E-state index in [0.29, 0.717) is 0 Å². The molecule has 0 aliphatic rings. The molecule has 0 aromatic rings. The highest BCUT2D eigenvalue weighted by molar-refractivity contribution is 7.75. The van der Waals surface area contributed by atoms with Gasteiger partial charge in [-0.25, -0.2) is 14.6 Å². The van der Waals surface area contributed by atoms with Crippen molar-refractivity contribution >= 4 is 18.9 Å². The molecule has 5 heteroatoms. The number of carbonyl (C=O) groups is 1. The number of hydroxylamine groups is 1. The monoisotopic (exact) mass is 136 g/mol. The number of thiol groups is 1. The van der Waals surface area contributed by atoms with Crippen LogP contribution < -0.4 is 5.48 Å². The van der Waals surface area contributed by atoms with Crippen molar-refractivity contribution in [2.45, 2.75) is 0 Å². The van der Waals surface area contributed by atoms with Gasteiger partial charge in [-0.2, -0.15) is 0 Å². The third kappa shape index (κ3) is 2.70. The Kier molecular flexibility index (Phi) is 3.38. The number of amides is 2. The summed E-state index contributed by atoms with van der Waals surface area (Å²) >= 11 is 3.30. The van der Waals surface area contributed by atoms with E-state index in [9.17, 15) is 4.79 Å². The number of nitrogens with zero attached hydrogens (tertiary/aromatic N) is 1. The summed E-state index contributed by atoms with van der Waals surface area (Å²) in [7, 11) is 3.20. The Morgan fingerprint density at radius 1 is 1.75 bits per heavy atom. The summed E-state index contributed by atoms with van der Waals surface area (Å²) in [5.74, 6) is 0. The average molecular weight is 136 g/mol. The Balaban J connectivity index is 3.33. The van der Waals surface area contributed by atoms with E-state index in [-0.39, 0.29) is 6.03 Å². The van der Waals surface area contributed by atoms with E-state index in [0.717, 1.165) is 0 Å². The minimum absolute atomic E-state index is 0.333. The van der Waals surface area contributed by atoms with Crippen molar-refractivity contribution in [1.29, 1.82) is 0 Å². The second-order valence-electron chi connectivity index (χ2n) is 1.39. The Morgan fingerprint density at radius 3 is 2.38 bits per heavy atom. The van der Waals surface area contributed by atoms with E-state index in [1.807, 2.05) is 5.48 Å². The van der Waals surface area contributed by atoms with Crippen molar-refractivity contribution in [3.8, 4) is 0 Å². The first kappa shape index (κ1) is 7.58. The summed E-state index contributed by atoms with van der Waals surface area (Å²) in [6.07, 6.45) is 0. The van der Waals surface area contributed by atoms with E-state index in [4.69, 9.17) is 0 Å². The lowest BCUT2D eigenvalue weighted by Gasteiger charge is -2.07. The Hall–Kier alpha value is -0.420. The van der Waals surface area contributed by atoms with Gasteiger partial charge in [0, 0.05) is 27.0 Å². The molecule has 4 nitrogen and oxygen atoms in total. The fourth-order valence-electron chi connectivity index (χ4n) is 0.130. The molecule has 8 heavy (non-hydrogen) atoms. The molecule has 48 valence electrons. The van der Waals surface area contributed by atoms with Gasteiger partial charge in [0.25, 0.3) is 0 Å². The average Bonchev–Trinajstić information content (AvgIpc) is 1.67. The largest absolute Gasteiger partial charge is 0.341 e. The van der Waals surface area contributed by atoms with Crippen LogP contribution in [0, 0.1) is 0 Å². The summed E-state index contributed by atoms with van der Waals surface area (Å²) in [5, 5.41) is 0. The highest BCUT2D eigenvalue weighted by Crippen LogP contribution is 1.77. The second kappa shape index (κ2) is 3.57. The molecule has 0 radical (unpaired) electrons. The van der Waals surface area contributed by atoms with Crippen LogP contribution in [-0.2, 0) is 4.28 Å². The van der Waals surface area contributed by atoms with Crippen molar-refractivity contribution in [2.75, 3.05) is 14.1 Å². The van der Waals surface area contributed by atoms with Crippen molar-refractivity contribution in [3.63, 3.8) is 0 Å². The summed E-state index contributed by atoms with van der Waals surface area (Å²) < 4.78 is 4.02. The quantitative estimate of drug-likeness (QED) is 0.303. The Bertz CT molecular complexity index is 85.4. The molecule has 0 heterocycles. The van der Waals surface area contributed by atoms with Gasteiger partial charge in [0.2, 0.25) is 0 Å². The maximum Gasteiger partial charge on any atom is 0.341 e. The van der Waals surface area contributed by atoms with Gasteiger partial charge in [-0.3, -0.25) is 0 Å². The molecule has 2 amide bonds. The molecule has 0 rings (SSSR count). The van der Waals surface area contributed by atoms with Gasteiger partial charge in [-0.1, -0.05) is 0 Å². The Labute approximate surface area is 53.4 Å². The summed E-state index contributed by atoms with van der Waals surface area (Å²) in [6, 6.07) is -0.333. The van der Waals surface area contributed by atoms with E-state index in [1.165, 1.54) is 4.90 Å². The van der Waals surface area contributed by atoms with Gasteiger partial charge < -0.3 is 4.90 Å². The van der Waals surface area contributed by atoms with E-state index < -0.39 is 0 Å². The van der Waals surface area contributed by atoms with Crippen molar-refractivity contribution in [1.82, 2.24) is 10.4 Å². The number of carbonyl (C=O) groups excluding carboxylic acids is 1. The minimum Gasteiger partial charge on any atom is -0.329 e. The third-order valence-electron chi connectivity index (χ3n) is 0.539. The zero-order chi connectivity index (χ0) is 6.57. The predicted molar refractivity (Wildman–Crippen MR) is 32.3 cm³/mol. The summed E-state index contributed by atoms with van der Waals surface area (Å²) in [6.45, 7) is 0. The van der Waals surface area contributed by atoms with Crippen LogP contribution >= 0.6 is 12.9 Å². The van der Waals surface area contributed by atoms with Gasteiger partial charge in [0.1, 0.15) is 0 Å². The lowest BCUT2D eigenvalue weighted by atomic mass is 10.9. The standard InChI is InChI=1S/C3H8N2O2S/c1-5(2)3(6)4-7-8/h8H,1-2H3,(H,4,6). The number of rotatable bonds is 1. The lowest BCUT2D eigenvalue weighted by Crippen LogP contribution is -2.32. The number of hydrogen-bond acceptors (Lipinski definition) is 3. The molecule has 0 spiro atoms. The zero-order valence-corrected chi connectivity index (χ0v) is 5.61. The summed E-state index contributed by atoms with van der Waals surface area (Å²) in [4.78, 5) is 11.7. The molecule has 0 bridgehead atoms. The van der Waals surface area contributed by atoms with Gasteiger partial charge in [0.15, 0.2) is 0 Å². The topological polar surface area (TPSA) is 41.6 Å². The first-order valence-corrected chi connectivity index (χ1v) is 2.32. The van der Waals surface area contributed by atoms with Crippen LogP contribution in [0.15, 0.2) is 0 Å². The smallest absolute Gasteiger partial charge is 0.329 e. The fourth-order valence-corrected chi connectivity index (χ4v) is 0.208. The van der Waals surface area contributed by atoms with Crippen LogP contribution in [0.5, 0.6) is 0 Å². The molecule has 0 saturated carbocycles. The summed E-state index contributed by atoms with van der Waals surface area (Å²) in [5.41, 5.74) is 2.00. The maximum atomic E-state index is 10.4. The van der Waals surface area contributed by atoms with E-state index >= 15 is 0 Å². The van der Waals surface area contributed by atoms with Gasteiger partial charge in [0.05, 0.1) is 0 Å². The second-order valence-corrected chi connectivity index (χ2v) is 1.58. The molecular weight excluding hydrogens is 128 g/mol. The highest BCUT2D eigenvalue weighted by Gasteiger charge is 1.98. The molecule has 0 aliphatic heterocycles. The molecular formula is C3H8N2O2S. The molecule has 0 atom stereocenters. The number of nitrogens with one attached hydrogen (secondary N) is 1. The van der Waals surface area contributed by atoms with Gasteiger partial charge in [-0.05, 0) is 0 Å². The highest BCUT2D eigenvalue weighted by atomic mass is 32.1. The molecule has 0 fully saturated rings. The SMILES string of the molecule is CN(C)C(=O)NOS. The number of hydrogen-bond donors (Lipinski definition) is 2. The normalized spacial score (nSPS) is 8.38. The van der Waals surface area contributed by atoms with Crippen molar-refractivity contribution < 1.29 is 9.08 Å². The molecule has 0 aliphatic carbocycles. The number of urea groups is 1. The van der Waals surface area contributed by atoms with E-state index in [2.05, 4.69) is 17.2 Å². The molecule has 0 saturated heterocycles. The molecule has 0 aromatic heterocycles. The van der Waals surface area contributed by atoms with Gasteiger partial charge in [-0.15, -0.1) is 0 Å². The third-order valence-corrected chi connectivity index (χ3v) is 0.630. The van der Waals surface area contributed by atoms with Crippen molar-refractivity contribution in [2.24, 2.45) is 0 Å². The maximum absolute atomic E-state index is 10.4. The van der Waals surface area contributed by atoms with Gasteiger partial charge >= 0.3 is 6.03 Å². The van der Waals surface area contributed by atoms with Crippen LogP contribution in [0.25, 0.3) is 0 Å². The fraction of sp³-hybridized carbons (Fsp3) is 0.667. The molecule has 0 aromatic carbocycles. The zero-order valence-electron chi connectivity index (χ0n) is 4.71. The lowest BCUT2D eigenvalue weighted by molar-refractivity contribution is 0.173. The van der Waals surface area contributed by atoms with Crippen LogP contribution in [0.1, 0.15) is 0 Å². The van der Waals surface area contributed by atoms with Crippen LogP contribution in [0.2, 0.25) is 0 Å². The Morgan fingerprint density at radius 2 is 2.25 bits per heavy atom.